The van der Waals surface area contributed by atoms with Crippen molar-refractivity contribution in [1.82, 2.24) is 19.7 Å². The number of benzene rings is 1. The fourth-order valence-corrected chi connectivity index (χ4v) is 2.47. The second-order valence-corrected chi connectivity index (χ2v) is 5.04. The molecule has 0 unspecified atom stereocenters. The van der Waals surface area contributed by atoms with Gasteiger partial charge < -0.3 is 5.32 Å². The third-order valence-electron chi connectivity index (χ3n) is 2.85. The highest BCUT2D eigenvalue weighted by atomic mass is 32.1. The van der Waals surface area contributed by atoms with Crippen molar-refractivity contribution in [3.63, 3.8) is 0 Å². The lowest BCUT2D eigenvalue weighted by atomic mass is 10.2. The lowest BCUT2D eigenvalue weighted by Gasteiger charge is -2.06. The van der Waals surface area contributed by atoms with Crippen molar-refractivity contribution in [2.75, 3.05) is 5.32 Å². The van der Waals surface area contributed by atoms with E-state index < -0.39 is 0 Å². The molecule has 0 saturated heterocycles. The zero-order valence-electron chi connectivity index (χ0n) is 10.4. The summed E-state index contributed by atoms with van der Waals surface area (Å²) in [4.78, 5) is 9.43. The Balaban J connectivity index is 1.68. The maximum Gasteiger partial charge on any atom is 0.138 e. The van der Waals surface area contributed by atoms with Crippen molar-refractivity contribution in [3.8, 4) is 5.69 Å². The van der Waals surface area contributed by atoms with Gasteiger partial charge in [-0.05, 0) is 31.2 Å². The fourth-order valence-electron chi connectivity index (χ4n) is 1.75. The number of aromatic nitrogens is 4. The lowest BCUT2D eigenvalue weighted by Crippen LogP contribution is -2.00. The maximum absolute atomic E-state index is 4.24. The van der Waals surface area contributed by atoms with E-state index in [2.05, 4.69) is 20.4 Å². The van der Waals surface area contributed by atoms with Gasteiger partial charge in [0, 0.05) is 10.6 Å². The third kappa shape index (κ3) is 2.63. The van der Waals surface area contributed by atoms with Gasteiger partial charge >= 0.3 is 0 Å². The molecular weight excluding hydrogens is 258 g/mol. The molecule has 2 aromatic heterocycles. The van der Waals surface area contributed by atoms with Crippen LogP contribution in [0.25, 0.3) is 5.69 Å². The summed E-state index contributed by atoms with van der Waals surface area (Å²) < 4.78 is 1.73. The molecule has 3 rings (SSSR count). The number of hydrogen-bond acceptors (Lipinski definition) is 5. The molecule has 0 fully saturated rings. The number of hydrogen-bond donors (Lipinski definition) is 1. The molecule has 0 aliphatic carbocycles. The first-order valence-electron chi connectivity index (χ1n) is 5.91. The van der Waals surface area contributed by atoms with Crippen molar-refractivity contribution < 1.29 is 0 Å². The van der Waals surface area contributed by atoms with Crippen LogP contribution in [-0.2, 0) is 6.54 Å². The Labute approximate surface area is 115 Å². The second kappa shape index (κ2) is 5.19. The highest BCUT2D eigenvalue weighted by Gasteiger charge is 2.01. The van der Waals surface area contributed by atoms with Gasteiger partial charge in [-0.1, -0.05) is 0 Å². The van der Waals surface area contributed by atoms with Crippen LogP contribution in [0.15, 0.2) is 42.4 Å². The van der Waals surface area contributed by atoms with Gasteiger partial charge in [-0.25, -0.2) is 14.6 Å². The Hall–Kier alpha value is -2.21. The van der Waals surface area contributed by atoms with Crippen LogP contribution >= 0.6 is 11.3 Å². The molecule has 0 spiro atoms. The topological polar surface area (TPSA) is 55.6 Å². The quantitative estimate of drug-likeness (QED) is 0.792. The second-order valence-electron chi connectivity index (χ2n) is 4.10. The van der Waals surface area contributed by atoms with E-state index in [0.717, 1.165) is 23.6 Å². The zero-order chi connectivity index (χ0) is 13.1. The van der Waals surface area contributed by atoms with Crippen molar-refractivity contribution in [2.24, 2.45) is 0 Å². The molecule has 0 saturated carbocycles. The minimum atomic E-state index is 0.805. The molecular formula is C13H13N5S. The monoisotopic (exact) mass is 271 g/mol. The maximum atomic E-state index is 4.24. The summed E-state index contributed by atoms with van der Waals surface area (Å²) in [5, 5.41) is 7.48. The van der Waals surface area contributed by atoms with Crippen LogP contribution in [-0.4, -0.2) is 19.7 Å². The smallest absolute Gasteiger partial charge is 0.138 e. The van der Waals surface area contributed by atoms with Gasteiger partial charge in [-0.15, -0.1) is 11.3 Å². The van der Waals surface area contributed by atoms with Crippen LogP contribution in [0.3, 0.4) is 0 Å². The van der Waals surface area contributed by atoms with Gasteiger partial charge in [0.15, 0.2) is 0 Å². The van der Waals surface area contributed by atoms with Crippen LogP contribution in [0, 0.1) is 6.92 Å². The van der Waals surface area contributed by atoms with E-state index >= 15 is 0 Å². The van der Waals surface area contributed by atoms with Crippen LogP contribution in [0.2, 0.25) is 0 Å². The van der Waals surface area contributed by atoms with Crippen molar-refractivity contribution in [3.05, 3.63) is 53.0 Å². The van der Waals surface area contributed by atoms with E-state index in [1.807, 2.05) is 36.7 Å². The molecule has 96 valence electrons. The summed E-state index contributed by atoms with van der Waals surface area (Å²) in [7, 11) is 0. The summed E-state index contributed by atoms with van der Waals surface area (Å²) in [6.07, 6.45) is 3.21. The largest absolute Gasteiger partial charge is 0.380 e. The Kier molecular flexibility index (Phi) is 3.24. The highest BCUT2D eigenvalue weighted by Crippen LogP contribution is 2.16. The molecule has 0 radical (unpaired) electrons. The summed E-state index contributed by atoms with van der Waals surface area (Å²) in [5.41, 5.74) is 5.05. The minimum absolute atomic E-state index is 0.805. The summed E-state index contributed by atoms with van der Waals surface area (Å²) >= 11 is 1.67. The molecule has 1 N–H and O–H groups in total. The molecule has 5 nitrogen and oxygen atoms in total. The first-order chi connectivity index (χ1) is 9.33. The van der Waals surface area contributed by atoms with E-state index in [4.69, 9.17) is 0 Å². The van der Waals surface area contributed by atoms with Crippen LogP contribution in [0.5, 0.6) is 0 Å². The Bertz CT molecular complexity index is 642. The van der Waals surface area contributed by atoms with Crippen LogP contribution < -0.4 is 5.32 Å². The molecule has 0 aliphatic heterocycles. The summed E-state index contributed by atoms with van der Waals surface area (Å²) in [5.74, 6) is 0. The lowest BCUT2D eigenvalue weighted by molar-refractivity contribution is 0.879. The number of anilines is 1. The summed E-state index contributed by atoms with van der Waals surface area (Å²) in [6, 6.07) is 8.09. The van der Waals surface area contributed by atoms with E-state index in [1.54, 1.807) is 22.3 Å². The molecule has 3 aromatic rings. The van der Waals surface area contributed by atoms with Gasteiger partial charge in [-0.3, -0.25) is 0 Å². The molecule has 2 heterocycles. The standard InChI is InChI=1S/C13H13N5S/c1-10-13(19-9-16-10)6-15-11-2-4-12(5-3-11)18-8-14-7-17-18/h2-5,7-9,15H,6H2,1H3. The number of nitrogens with zero attached hydrogens (tertiary/aromatic N) is 4. The molecule has 0 atom stereocenters. The predicted octanol–water partition coefficient (Wildman–Crippen LogP) is 2.64. The van der Waals surface area contributed by atoms with Crippen LogP contribution in [0.1, 0.15) is 10.6 Å². The van der Waals surface area contributed by atoms with Gasteiger partial charge in [0.25, 0.3) is 0 Å². The normalized spacial score (nSPS) is 10.6. The van der Waals surface area contributed by atoms with Gasteiger partial charge in [0.05, 0.1) is 23.4 Å². The van der Waals surface area contributed by atoms with Gasteiger partial charge in [-0.2, -0.15) is 5.10 Å². The Morgan fingerprint density at radius 3 is 2.74 bits per heavy atom. The molecule has 0 aliphatic rings. The first kappa shape index (κ1) is 11.9. The third-order valence-corrected chi connectivity index (χ3v) is 3.78. The first-order valence-corrected chi connectivity index (χ1v) is 6.79. The SMILES string of the molecule is Cc1ncsc1CNc1ccc(-n2cncn2)cc1. The Morgan fingerprint density at radius 1 is 1.26 bits per heavy atom. The van der Waals surface area contributed by atoms with Gasteiger partial charge in [0.1, 0.15) is 12.7 Å². The minimum Gasteiger partial charge on any atom is -0.380 e. The average molecular weight is 271 g/mol. The van der Waals surface area contributed by atoms with E-state index in [-0.39, 0.29) is 0 Å². The van der Waals surface area contributed by atoms with Crippen molar-refractivity contribution >= 4 is 17.0 Å². The molecule has 0 bridgehead atoms. The number of aryl methyl sites for hydroxylation is 1. The molecule has 0 amide bonds. The van der Waals surface area contributed by atoms with Crippen molar-refractivity contribution in [2.45, 2.75) is 13.5 Å². The van der Waals surface area contributed by atoms with Crippen LogP contribution in [0.4, 0.5) is 5.69 Å². The van der Waals surface area contributed by atoms with E-state index in [9.17, 15) is 0 Å². The molecule has 19 heavy (non-hydrogen) atoms. The van der Waals surface area contributed by atoms with Gasteiger partial charge in [0.2, 0.25) is 0 Å². The van der Waals surface area contributed by atoms with Crippen molar-refractivity contribution in [1.29, 1.82) is 0 Å². The van der Waals surface area contributed by atoms with E-state index in [1.165, 1.54) is 11.2 Å². The predicted molar refractivity (Wildman–Crippen MR) is 75.5 cm³/mol. The summed E-state index contributed by atoms with van der Waals surface area (Å²) in [6.45, 7) is 2.83. The molecule has 6 heteroatoms. The average Bonchev–Trinajstić information content (AvgIpc) is 3.09. The number of rotatable bonds is 4. The zero-order valence-corrected chi connectivity index (χ0v) is 11.3. The number of thiazole rings is 1. The van der Waals surface area contributed by atoms with E-state index in [0.29, 0.717) is 0 Å². The fraction of sp³-hybridized carbons (Fsp3) is 0.154. The Morgan fingerprint density at radius 2 is 2.11 bits per heavy atom. The number of nitrogens with one attached hydrogen (secondary N) is 1. The molecule has 1 aromatic carbocycles. The highest BCUT2D eigenvalue weighted by molar-refractivity contribution is 7.09.